The smallest absolute Gasteiger partial charge is 0.265 e. The van der Waals surface area contributed by atoms with Gasteiger partial charge in [-0.3, -0.25) is 9.82 Å². The zero-order valence-corrected chi connectivity index (χ0v) is 11.7. The lowest BCUT2D eigenvalue weighted by Gasteiger charge is -2.11. The zero-order valence-electron chi connectivity index (χ0n) is 10.8. The molecule has 0 saturated carbocycles. The van der Waals surface area contributed by atoms with Crippen LogP contribution in [0.5, 0.6) is 5.75 Å². The van der Waals surface area contributed by atoms with Crippen molar-refractivity contribution < 1.29 is 13.2 Å². The molecule has 0 aliphatic rings. The highest BCUT2D eigenvalue weighted by Crippen LogP contribution is 2.28. The number of aromatic amines is 1. The van der Waals surface area contributed by atoms with Crippen LogP contribution in [0.15, 0.2) is 29.3 Å². The van der Waals surface area contributed by atoms with E-state index >= 15 is 0 Å². The number of rotatable bonds is 4. The van der Waals surface area contributed by atoms with Crippen LogP contribution in [0.3, 0.4) is 0 Å². The first-order valence-electron chi connectivity index (χ1n) is 5.59. The Hall–Kier alpha value is -2.53. The molecule has 20 heavy (non-hydrogen) atoms. The summed E-state index contributed by atoms with van der Waals surface area (Å²) in [5.41, 5.74) is 1.07. The summed E-state index contributed by atoms with van der Waals surface area (Å²) in [4.78, 5) is 0.0592. The molecular formula is C12H12N4O3S. The van der Waals surface area contributed by atoms with Crippen LogP contribution in [0.2, 0.25) is 0 Å². The van der Waals surface area contributed by atoms with Crippen molar-refractivity contribution in [1.29, 1.82) is 5.26 Å². The molecule has 2 rings (SSSR count). The third kappa shape index (κ3) is 2.57. The summed E-state index contributed by atoms with van der Waals surface area (Å²) in [6.07, 6.45) is 1.23. The van der Waals surface area contributed by atoms with Crippen molar-refractivity contribution in [3.63, 3.8) is 0 Å². The molecule has 7 nitrogen and oxygen atoms in total. The van der Waals surface area contributed by atoms with E-state index < -0.39 is 10.0 Å². The molecular weight excluding hydrogens is 280 g/mol. The van der Waals surface area contributed by atoms with Crippen LogP contribution >= 0.6 is 0 Å². The molecule has 0 saturated heterocycles. The topological polar surface area (TPSA) is 108 Å². The second kappa shape index (κ2) is 5.22. The Kier molecular flexibility index (Phi) is 3.63. The van der Waals surface area contributed by atoms with Gasteiger partial charge in [0.15, 0.2) is 0 Å². The Balaban J connectivity index is 2.40. The van der Waals surface area contributed by atoms with Gasteiger partial charge in [0.05, 0.1) is 36.3 Å². The van der Waals surface area contributed by atoms with Gasteiger partial charge in [0.1, 0.15) is 10.6 Å². The van der Waals surface area contributed by atoms with E-state index in [1.54, 1.807) is 6.92 Å². The van der Waals surface area contributed by atoms with Gasteiger partial charge in [0.2, 0.25) is 0 Å². The normalized spacial score (nSPS) is 10.8. The molecule has 0 amide bonds. The van der Waals surface area contributed by atoms with Crippen LogP contribution in [0.25, 0.3) is 0 Å². The summed E-state index contributed by atoms with van der Waals surface area (Å²) >= 11 is 0. The van der Waals surface area contributed by atoms with E-state index in [0.717, 1.165) is 0 Å². The van der Waals surface area contributed by atoms with Gasteiger partial charge in [-0.1, -0.05) is 0 Å². The summed E-state index contributed by atoms with van der Waals surface area (Å²) in [5.74, 6) is 0.272. The maximum Gasteiger partial charge on any atom is 0.265 e. The number of aryl methyl sites for hydroxylation is 1. The first-order chi connectivity index (χ1) is 9.47. The van der Waals surface area contributed by atoms with Gasteiger partial charge in [-0.25, -0.2) is 8.42 Å². The van der Waals surface area contributed by atoms with Crippen molar-refractivity contribution in [3.05, 3.63) is 35.7 Å². The van der Waals surface area contributed by atoms with Crippen molar-refractivity contribution in [1.82, 2.24) is 10.2 Å². The van der Waals surface area contributed by atoms with Crippen molar-refractivity contribution in [2.24, 2.45) is 0 Å². The minimum Gasteiger partial charge on any atom is -0.495 e. The Labute approximate surface area is 116 Å². The number of nitrogens with one attached hydrogen (secondary N) is 2. The zero-order chi connectivity index (χ0) is 14.8. The van der Waals surface area contributed by atoms with E-state index in [4.69, 9.17) is 10.00 Å². The molecule has 104 valence electrons. The Morgan fingerprint density at radius 2 is 2.20 bits per heavy atom. The Bertz CT molecular complexity index is 774. The lowest BCUT2D eigenvalue weighted by atomic mass is 10.2. The number of H-pyrrole nitrogens is 1. The van der Waals surface area contributed by atoms with E-state index in [0.29, 0.717) is 11.3 Å². The molecule has 1 aromatic heterocycles. The second-order valence-electron chi connectivity index (χ2n) is 3.99. The predicted molar refractivity (Wildman–Crippen MR) is 71.8 cm³/mol. The van der Waals surface area contributed by atoms with Crippen molar-refractivity contribution in [2.45, 2.75) is 11.8 Å². The minimum atomic E-state index is -3.76. The number of aromatic nitrogens is 2. The van der Waals surface area contributed by atoms with E-state index in [-0.39, 0.29) is 16.3 Å². The fourth-order valence-electron chi connectivity index (χ4n) is 1.66. The number of methoxy groups -OCH3 is 1. The largest absolute Gasteiger partial charge is 0.495 e. The highest BCUT2D eigenvalue weighted by Gasteiger charge is 2.20. The van der Waals surface area contributed by atoms with Gasteiger partial charge in [-0.2, -0.15) is 10.4 Å². The van der Waals surface area contributed by atoms with Crippen LogP contribution in [-0.2, 0) is 10.0 Å². The summed E-state index contributed by atoms with van der Waals surface area (Å²) < 4.78 is 31.9. The molecule has 0 fully saturated rings. The van der Waals surface area contributed by atoms with Gasteiger partial charge in [0, 0.05) is 6.07 Å². The lowest BCUT2D eigenvalue weighted by molar-refractivity contribution is 0.416. The van der Waals surface area contributed by atoms with Crippen molar-refractivity contribution >= 4 is 15.7 Å². The van der Waals surface area contributed by atoms with Gasteiger partial charge in [-0.15, -0.1) is 0 Å². The van der Waals surface area contributed by atoms with Gasteiger partial charge >= 0.3 is 0 Å². The molecule has 0 radical (unpaired) electrons. The fourth-order valence-corrected chi connectivity index (χ4v) is 2.86. The minimum absolute atomic E-state index is 0.0592. The summed E-state index contributed by atoms with van der Waals surface area (Å²) in [6.45, 7) is 1.61. The molecule has 0 unspecified atom stereocenters. The molecule has 0 atom stereocenters. The van der Waals surface area contributed by atoms with E-state index in [1.807, 2.05) is 6.07 Å². The number of sulfonamides is 1. The lowest BCUT2D eigenvalue weighted by Crippen LogP contribution is -2.14. The molecule has 0 bridgehead atoms. The summed E-state index contributed by atoms with van der Waals surface area (Å²) in [5, 5.41) is 15.1. The highest BCUT2D eigenvalue weighted by atomic mass is 32.2. The number of nitriles is 1. The van der Waals surface area contributed by atoms with Crippen LogP contribution < -0.4 is 9.46 Å². The maximum absolute atomic E-state index is 12.2. The summed E-state index contributed by atoms with van der Waals surface area (Å²) in [6, 6.07) is 6.39. The average molecular weight is 292 g/mol. The molecule has 0 spiro atoms. The van der Waals surface area contributed by atoms with Gasteiger partial charge in [0.25, 0.3) is 10.0 Å². The molecule has 1 heterocycles. The van der Waals surface area contributed by atoms with Crippen molar-refractivity contribution in [2.75, 3.05) is 11.8 Å². The molecule has 2 N–H and O–H groups in total. The van der Waals surface area contributed by atoms with Crippen LogP contribution in [0.4, 0.5) is 5.69 Å². The van der Waals surface area contributed by atoms with E-state index in [2.05, 4.69) is 14.9 Å². The van der Waals surface area contributed by atoms with Crippen LogP contribution in [0.1, 0.15) is 11.3 Å². The quantitative estimate of drug-likeness (QED) is 0.885. The number of hydrogen-bond donors (Lipinski definition) is 2. The van der Waals surface area contributed by atoms with Gasteiger partial charge < -0.3 is 4.74 Å². The van der Waals surface area contributed by atoms with E-state index in [9.17, 15) is 8.42 Å². The average Bonchev–Trinajstić information content (AvgIpc) is 2.86. The molecule has 2 aromatic rings. The fraction of sp³-hybridized carbons (Fsp3) is 0.167. The number of hydrogen-bond acceptors (Lipinski definition) is 5. The predicted octanol–water partition coefficient (Wildman–Crippen LogP) is 1.40. The second-order valence-corrected chi connectivity index (χ2v) is 5.64. The maximum atomic E-state index is 12.2. The van der Waals surface area contributed by atoms with Crippen molar-refractivity contribution in [3.8, 4) is 11.8 Å². The standard InChI is InChI=1S/C12H12N4O3S/c1-8-12(7-14-15-8)20(17,18)16-10-4-3-9(6-13)5-11(10)19-2/h3-5,7,16H,1-2H3,(H,14,15). The molecule has 1 aromatic carbocycles. The van der Waals surface area contributed by atoms with E-state index in [1.165, 1.54) is 31.5 Å². The SMILES string of the molecule is COc1cc(C#N)ccc1NS(=O)(=O)c1cn[nH]c1C. The Morgan fingerprint density at radius 3 is 2.75 bits per heavy atom. The van der Waals surface area contributed by atoms with Crippen LogP contribution in [0, 0.1) is 18.3 Å². The number of ether oxygens (including phenoxy) is 1. The number of nitrogens with zero attached hydrogens (tertiary/aromatic N) is 2. The summed E-state index contributed by atoms with van der Waals surface area (Å²) in [7, 11) is -2.36. The first kappa shape index (κ1) is 13.9. The number of anilines is 1. The third-order valence-corrected chi connectivity index (χ3v) is 4.13. The number of benzene rings is 1. The molecule has 8 heteroatoms. The van der Waals surface area contributed by atoms with Gasteiger partial charge in [-0.05, 0) is 19.1 Å². The third-order valence-electron chi connectivity index (χ3n) is 2.65. The highest BCUT2D eigenvalue weighted by molar-refractivity contribution is 7.92. The first-order valence-corrected chi connectivity index (χ1v) is 7.07. The van der Waals surface area contributed by atoms with Crippen LogP contribution in [-0.4, -0.2) is 25.7 Å². The monoisotopic (exact) mass is 292 g/mol. The molecule has 0 aliphatic carbocycles. The Morgan fingerprint density at radius 1 is 1.45 bits per heavy atom. The molecule has 0 aliphatic heterocycles.